The van der Waals surface area contributed by atoms with Crippen molar-refractivity contribution in [3.63, 3.8) is 0 Å². The number of hydrogen-bond acceptors (Lipinski definition) is 3. The van der Waals surface area contributed by atoms with Gasteiger partial charge in [-0.15, -0.1) is 0 Å². The van der Waals surface area contributed by atoms with Crippen molar-refractivity contribution in [3.8, 4) is 5.75 Å². The monoisotopic (exact) mass is 298 g/mol. The first kappa shape index (κ1) is 16.2. The molecule has 0 aromatic heterocycles. The van der Waals surface area contributed by atoms with Crippen molar-refractivity contribution in [1.29, 1.82) is 0 Å². The van der Waals surface area contributed by atoms with Gasteiger partial charge in [-0.25, -0.2) is 0 Å². The molecular formula is C19H26N2O. The summed E-state index contributed by atoms with van der Waals surface area (Å²) in [5, 5.41) is 6.94. The van der Waals surface area contributed by atoms with E-state index in [1.807, 2.05) is 31.2 Å². The number of rotatable bonds is 7. The number of ether oxygens (including phenoxy) is 1. The minimum Gasteiger partial charge on any atom is -0.494 e. The molecule has 0 aliphatic heterocycles. The van der Waals surface area contributed by atoms with Gasteiger partial charge in [0.05, 0.1) is 6.61 Å². The van der Waals surface area contributed by atoms with Crippen LogP contribution in [-0.2, 0) is 0 Å². The summed E-state index contributed by atoms with van der Waals surface area (Å²) in [6, 6.07) is 12.5. The second-order valence-corrected chi connectivity index (χ2v) is 5.58. The molecule has 0 atom stereocenters. The summed E-state index contributed by atoms with van der Waals surface area (Å²) in [6.45, 7) is 10.9. The van der Waals surface area contributed by atoms with Crippen LogP contribution in [0.15, 0.2) is 36.4 Å². The van der Waals surface area contributed by atoms with Crippen LogP contribution in [0.25, 0.3) is 0 Å². The highest BCUT2D eigenvalue weighted by Gasteiger charge is 2.02. The van der Waals surface area contributed by atoms with Gasteiger partial charge in [0.1, 0.15) is 5.75 Å². The molecule has 0 aliphatic rings. The SMILES string of the molecule is CCOc1ccc(NCCNc2c(C)cc(C)cc2C)cc1. The average Bonchev–Trinajstić information content (AvgIpc) is 2.47. The van der Waals surface area contributed by atoms with Gasteiger partial charge in [0, 0.05) is 24.5 Å². The predicted octanol–water partition coefficient (Wildman–Crippen LogP) is 4.53. The van der Waals surface area contributed by atoms with Crippen LogP contribution in [0.3, 0.4) is 0 Å². The van der Waals surface area contributed by atoms with E-state index in [9.17, 15) is 0 Å². The maximum absolute atomic E-state index is 5.44. The van der Waals surface area contributed by atoms with Gasteiger partial charge in [-0.2, -0.15) is 0 Å². The van der Waals surface area contributed by atoms with E-state index < -0.39 is 0 Å². The molecule has 0 radical (unpaired) electrons. The largest absolute Gasteiger partial charge is 0.494 e. The molecule has 0 fully saturated rings. The van der Waals surface area contributed by atoms with Crippen LogP contribution < -0.4 is 15.4 Å². The van der Waals surface area contributed by atoms with Crippen LogP contribution in [0, 0.1) is 20.8 Å². The third-order valence-electron chi connectivity index (χ3n) is 3.60. The quantitative estimate of drug-likeness (QED) is 0.737. The maximum Gasteiger partial charge on any atom is 0.119 e. The van der Waals surface area contributed by atoms with Crippen LogP contribution in [-0.4, -0.2) is 19.7 Å². The van der Waals surface area contributed by atoms with Gasteiger partial charge in [-0.05, 0) is 63.1 Å². The molecule has 2 aromatic rings. The van der Waals surface area contributed by atoms with Crippen LogP contribution >= 0.6 is 0 Å². The maximum atomic E-state index is 5.44. The summed E-state index contributed by atoms with van der Waals surface area (Å²) < 4.78 is 5.44. The molecule has 0 unspecified atom stereocenters. The first-order chi connectivity index (χ1) is 10.6. The Morgan fingerprint density at radius 3 is 2.05 bits per heavy atom. The molecule has 0 spiro atoms. The van der Waals surface area contributed by atoms with Gasteiger partial charge in [0.2, 0.25) is 0 Å². The number of nitrogens with one attached hydrogen (secondary N) is 2. The summed E-state index contributed by atoms with van der Waals surface area (Å²) in [5.74, 6) is 0.914. The predicted molar refractivity (Wildman–Crippen MR) is 95.2 cm³/mol. The van der Waals surface area contributed by atoms with Crippen LogP contribution in [0.2, 0.25) is 0 Å². The third kappa shape index (κ3) is 4.42. The van der Waals surface area contributed by atoms with Crippen LogP contribution in [0.4, 0.5) is 11.4 Å². The summed E-state index contributed by atoms with van der Waals surface area (Å²) >= 11 is 0. The lowest BCUT2D eigenvalue weighted by atomic mass is 10.1. The minimum absolute atomic E-state index is 0.700. The Morgan fingerprint density at radius 1 is 0.864 bits per heavy atom. The highest BCUT2D eigenvalue weighted by Crippen LogP contribution is 2.21. The van der Waals surface area contributed by atoms with Gasteiger partial charge in [0.25, 0.3) is 0 Å². The molecule has 0 aliphatic carbocycles. The van der Waals surface area contributed by atoms with Gasteiger partial charge in [0.15, 0.2) is 0 Å². The lowest BCUT2D eigenvalue weighted by molar-refractivity contribution is 0.340. The molecule has 22 heavy (non-hydrogen) atoms. The molecule has 3 heteroatoms. The van der Waals surface area contributed by atoms with Crippen LogP contribution in [0.1, 0.15) is 23.6 Å². The normalized spacial score (nSPS) is 10.4. The van der Waals surface area contributed by atoms with Crippen molar-refractivity contribution in [2.75, 3.05) is 30.3 Å². The zero-order chi connectivity index (χ0) is 15.9. The molecule has 2 rings (SSSR count). The Hall–Kier alpha value is -2.16. The van der Waals surface area contributed by atoms with Crippen molar-refractivity contribution in [2.45, 2.75) is 27.7 Å². The summed E-state index contributed by atoms with van der Waals surface area (Å²) in [4.78, 5) is 0. The number of anilines is 2. The molecule has 0 saturated heterocycles. The zero-order valence-corrected chi connectivity index (χ0v) is 14.0. The first-order valence-electron chi connectivity index (χ1n) is 7.88. The topological polar surface area (TPSA) is 33.3 Å². The van der Waals surface area contributed by atoms with E-state index in [2.05, 4.69) is 43.5 Å². The Bertz CT molecular complexity index is 582. The molecular weight excluding hydrogens is 272 g/mol. The van der Waals surface area contributed by atoms with Crippen molar-refractivity contribution < 1.29 is 4.74 Å². The smallest absolute Gasteiger partial charge is 0.119 e. The highest BCUT2D eigenvalue weighted by molar-refractivity contribution is 5.58. The van der Waals surface area contributed by atoms with Gasteiger partial charge in [-0.3, -0.25) is 0 Å². The van der Waals surface area contributed by atoms with E-state index in [0.29, 0.717) is 6.61 Å². The minimum atomic E-state index is 0.700. The third-order valence-corrected chi connectivity index (χ3v) is 3.60. The molecule has 0 bridgehead atoms. The number of hydrogen-bond donors (Lipinski definition) is 2. The van der Waals surface area contributed by atoms with E-state index >= 15 is 0 Å². The summed E-state index contributed by atoms with van der Waals surface area (Å²) in [7, 11) is 0. The Morgan fingerprint density at radius 2 is 1.45 bits per heavy atom. The van der Waals surface area contributed by atoms with E-state index in [1.165, 1.54) is 22.4 Å². The zero-order valence-electron chi connectivity index (χ0n) is 14.0. The molecule has 0 amide bonds. The first-order valence-corrected chi connectivity index (χ1v) is 7.88. The summed E-state index contributed by atoms with van der Waals surface area (Å²) in [6.07, 6.45) is 0. The molecule has 118 valence electrons. The van der Waals surface area contributed by atoms with Crippen molar-refractivity contribution in [1.82, 2.24) is 0 Å². The average molecular weight is 298 g/mol. The Labute approximate surface area is 133 Å². The Balaban J connectivity index is 1.82. The second kappa shape index (κ2) is 7.74. The van der Waals surface area contributed by atoms with E-state index in [1.54, 1.807) is 0 Å². The number of benzene rings is 2. The van der Waals surface area contributed by atoms with E-state index in [0.717, 1.165) is 24.5 Å². The Kier molecular flexibility index (Phi) is 5.70. The van der Waals surface area contributed by atoms with E-state index in [4.69, 9.17) is 4.74 Å². The highest BCUT2D eigenvalue weighted by atomic mass is 16.5. The van der Waals surface area contributed by atoms with Crippen molar-refractivity contribution in [3.05, 3.63) is 53.1 Å². The lowest BCUT2D eigenvalue weighted by Gasteiger charge is -2.14. The second-order valence-electron chi connectivity index (χ2n) is 5.58. The van der Waals surface area contributed by atoms with E-state index in [-0.39, 0.29) is 0 Å². The van der Waals surface area contributed by atoms with Gasteiger partial charge < -0.3 is 15.4 Å². The van der Waals surface area contributed by atoms with Gasteiger partial charge in [-0.1, -0.05) is 17.7 Å². The molecule has 3 nitrogen and oxygen atoms in total. The molecule has 0 saturated carbocycles. The van der Waals surface area contributed by atoms with Crippen molar-refractivity contribution >= 4 is 11.4 Å². The molecule has 2 N–H and O–H groups in total. The molecule has 0 heterocycles. The fourth-order valence-corrected chi connectivity index (χ4v) is 2.69. The molecule has 2 aromatic carbocycles. The lowest BCUT2D eigenvalue weighted by Crippen LogP contribution is -2.15. The fraction of sp³-hybridized carbons (Fsp3) is 0.368. The van der Waals surface area contributed by atoms with Gasteiger partial charge >= 0.3 is 0 Å². The standard InChI is InChI=1S/C19H26N2O/c1-5-22-18-8-6-17(7-9-18)20-10-11-21-19-15(3)12-14(2)13-16(19)4/h6-9,12-13,20-21H,5,10-11H2,1-4H3. The fourth-order valence-electron chi connectivity index (χ4n) is 2.69. The van der Waals surface area contributed by atoms with Crippen LogP contribution in [0.5, 0.6) is 5.75 Å². The number of aryl methyl sites for hydroxylation is 3. The van der Waals surface area contributed by atoms with Crippen molar-refractivity contribution in [2.24, 2.45) is 0 Å². The summed E-state index contributed by atoms with van der Waals surface area (Å²) in [5.41, 5.74) is 6.28.